The third-order valence-corrected chi connectivity index (χ3v) is 5.52. The fourth-order valence-corrected chi connectivity index (χ4v) is 4.29. The molecule has 0 N–H and O–H groups in total. The van der Waals surface area contributed by atoms with Gasteiger partial charge in [-0.15, -0.1) is 0 Å². The number of ether oxygens (including phenoxy) is 1. The van der Waals surface area contributed by atoms with E-state index in [2.05, 4.69) is 52.3 Å². The molecule has 2 saturated heterocycles. The van der Waals surface area contributed by atoms with E-state index in [-0.39, 0.29) is 6.10 Å². The molecule has 2 aromatic rings. The molecule has 2 atom stereocenters. The van der Waals surface area contributed by atoms with Gasteiger partial charge in [-0.1, -0.05) is 35.5 Å². The highest BCUT2D eigenvalue weighted by atomic mass is 16.5. The van der Waals surface area contributed by atoms with Gasteiger partial charge in [0.25, 0.3) is 0 Å². The van der Waals surface area contributed by atoms with Crippen molar-refractivity contribution in [3.05, 3.63) is 52.9 Å². The van der Waals surface area contributed by atoms with E-state index in [1.54, 1.807) is 0 Å². The molecule has 5 nitrogen and oxygen atoms in total. The zero-order chi connectivity index (χ0) is 17.4. The molecule has 0 saturated carbocycles. The lowest BCUT2D eigenvalue weighted by atomic mass is 9.95. The Bertz CT molecular complexity index is 689. The van der Waals surface area contributed by atoms with Crippen molar-refractivity contribution in [2.45, 2.75) is 26.0 Å². The second-order valence-electron chi connectivity index (χ2n) is 7.53. The van der Waals surface area contributed by atoms with Crippen LogP contribution in [0.25, 0.3) is 0 Å². The number of hydrogen-bond acceptors (Lipinski definition) is 5. The van der Waals surface area contributed by atoms with Crippen LogP contribution in [0.1, 0.15) is 34.7 Å². The van der Waals surface area contributed by atoms with E-state index in [1.165, 1.54) is 18.7 Å². The predicted molar refractivity (Wildman–Crippen MR) is 96.4 cm³/mol. The van der Waals surface area contributed by atoms with Crippen molar-refractivity contribution in [2.75, 3.05) is 39.8 Å². The van der Waals surface area contributed by atoms with Crippen molar-refractivity contribution >= 4 is 0 Å². The highest BCUT2D eigenvalue weighted by molar-refractivity contribution is 5.26. The zero-order valence-corrected chi connectivity index (χ0v) is 15.3. The number of hydrogen-bond donors (Lipinski definition) is 0. The third-order valence-electron chi connectivity index (χ3n) is 5.52. The van der Waals surface area contributed by atoms with Gasteiger partial charge < -0.3 is 14.2 Å². The Kier molecular flexibility index (Phi) is 4.63. The molecule has 2 aliphatic heterocycles. The molecule has 3 heterocycles. The van der Waals surface area contributed by atoms with Crippen molar-refractivity contribution in [3.63, 3.8) is 0 Å². The quantitative estimate of drug-likeness (QED) is 0.855. The fraction of sp³-hybridized carbons (Fsp3) is 0.550. The summed E-state index contributed by atoms with van der Waals surface area (Å²) in [6.45, 7) is 9.08. The van der Waals surface area contributed by atoms with E-state index in [9.17, 15) is 0 Å². The second-order valence-corrected chi connectivity index (χ2v) is 7.53. The van der Waals surface area contributed by atoms with Crippen LogP contribution in [0.4, 0.5) is 0 Å². The summed E-state index contributed by atoms with van der Waals surface area (Å²) in [5.74, 6) is 1.63. The van der Waals surface area contributed by atoms with Crippen LogP contribution >= 0.6 is 0 Å². The first-order valence-corrected chi connectivity index (χ1v) is 9.13. The monoisotopic (exact) mass is 341 g/mol. The van der Waals surface area contributed by atoms with E-state index in [0.717, 1.165) is 36.0 Å². The Morgan fingerprint density at radius 1 is 1.12 bits per heavy atom. The van der Waals surface area contributed by atoms with Gasteiger partial charge in [-0.25, -0.2) is 0 Å². The average molecular weight is 341 g/mol. The van der Waals surface area contributed by atoms with E-state index < -0.39 is 0 Å². The smallest absolute Gasteiger partial charge is 0.139 e. The number of benzene rings is 1. The largest absolute Gasteiger partial charge is 0.370 e. The molecule has 134 valence electrons. The van der Waals surface area contributed by atoms with E-state index in [1.807, 2.05) is 13.8 Å². The van der Waals surface area contributed by atoms with Gasteiger partial charge in [0.1, 0.15) is 11.9 Å². The summed E-state index contributed by atoms with van der Waals surface area (Å²) in [4.78, 5) is 4.99. The first-order chi connectivity index (χ1) is 12.1. The number of aromatic nitrogens is 1. The number of rotatable bonds is 4. The average Bonchev–Trinajstić information content (AvgIpc) is 2.93. The van der Waals surface area contributed by atoms with Gasteiger partial charge in [0.05, 0.1) is 18.3 Å². The van der Waals surface area contributed by atoms with Gasteiger partial charge in [-0.3, -0.25) is 4.90 Å². The van der Waals surface area contributed by atoms with Crippen LogP contribution in [0.3, 0.4) is 0 Å². The molecule has 2 unspecified atom stereocenters. The lowest BCUT2D eigenvalue weighted by Gasteiger charge is -2.45. The molecule has 2 fully saturated rings. The Morgan fingerprint density at radius 2 is 1.88 bits per heavy atom. The third kappa shape index (κ3) is 3.36. The predicted octanol–water partition coefficient (Wildman–Crippen LogP) is 2.97. The van der Waals surface area contributed by atoms with Crippen LogP contribution in [0, 0.1) is 19.8 Å². The lowest BCUT2D eigenvalue weighted by molar-refractivity contribution is -0.0793. The SMILES string of the molecule is Cc1noc(C)c1C1CN(CC2CN(C)C2)C(c2ccccc2)CO1. The summed E-state index contributed by atoms with van der Waals surface area (Å²) in [7, 11) is 2.19. The van der Waals surface area contributed by atoms with Crippen LogP contribution < -0.4 is 0 Å². The molecule has 0 aliphatic carbocycles. The highest BCUT2D eigenvalue weighted by Gasteiger charge is 2.36. The zero-order valence-electron chi connectivity index (χ0n) is 15.3. The first kappa shape index (κ1) is 16.8. The molecular formula is C20H27N3O2. The summed E-state index contributed by atoms with van der Waals surface area (Å²) in [5, 5.41) is 4.11. The summed E-state index contributed by atoms with van der Waals surface area (Å²) < 4.78 is 11.7. The van der Waals surface area contributed by atoms with Crippen molar-refractivity contribution in [2.24, 2.45) is 5.92 Å². The van der Waals surface area contributed by atoms with Crippen molar-refractivity contribution in [3.8, 4) is 0 Å². The summed E-state index contributed by atoms with van der Waals surface area (Å²) in [5.41, 5.74) is 3.42. The van der Waals surface area contributed by atoms with Gasteiger partial charge in [-0.05, 0) is 32.4 Å². The van der Waals surface area contributed by atoms with Gasteiger partial charge in [0.15, 0.2) is 0 Å². The van der Waals surface area contributed by atoms with Crippen molar-refractivity contribution in [1.82, 2.24) is 15.0 Å². The summed E-state index contributed by atoms with van der Waals surface area (Å²) in [6, 6.07) is 11.1. The first-order valence-electron chi connectivity index (χ1n) is 9.13. The van der Waals surface area contributed by atoms with Crippen molar-refractivity contribution in [1.29, 1.82) is 0 Å². The Hall–Kier alpha value is -1.69. The molecule has 4 rings (SSSR count). The van der Waals surface area contributed by atoms with Gasteiger partial charge in [-0.2, -0.15) is 0 Å². The second kappa shape index (κ2) is 6.90. The maximum absolute atomic E-state index is 6.28. The van der Waals surface area contributed by atoms with Gasteiger partial charge >= 0.3 is 0 Å². The Morgan fingerprint density at radius 3 is 2.52 bits per heavy atom. The van der Waals surface area contributed by atoms with E-state index in [0.29, 0.717) is 12.6 Å². The minimum absolute atomic E-state index is 0.0454. The lowest BCUT2D eigenvalue weighted by Crippen LogP contribution is -2.52. The molecule has 25 heavy (non-hydrogen) atoms. The van der Waals surface area contributed by atoms with Crippen LogP contribution in [-0.4, -0.2) is 54.8 Å². The molecule has 2 aliphatic rings. The minimum atomic E-state index is 0.0454. The standard InChI is InChI=1S/C20H27N3O2/c1-14-20(15(2)25-21-14)19-12-23(11-16-9-22(3)10-16)18(13-24-19)17-7-5-4-6-8-17/h4-8,16,18-19H,9-13H2,1-3H3. The molecule has 0 bridgehead atoms. The number of likely N-dealkylation sites (tertiary alicyclic amines) is 1. The highest BCUT2D eigenvalue weighted by Crippen LogP contribution is 2.35. The van der Waals surface area contributed by atoms with Gasteiger partial charge in [0.2, 0.25) is 0 Å². The number of morpholine rings is 1. The van der Waals surface area contributed by atoms with Crippen molar-refractivity contribution < 1.29 is 9.26 Å². The minimum Gasteiger partial charge on any atom is -0.370 e. The van der Waals surface area contributed by atoms with Crippen LogP contribution in [0.15, 0.2) is 34.9 Å². The van der Waals surface area contributed by atoms with E-state index in [4.69, 9.17) is 9.26 Å². The number of aryl methyl sites for hydroxylation is 2. The molecule has 5 heteroatoms. The molecular weight excluding hydrogens is 314 g/mol. The Labute approximate surface area is 149 Å². The summed E-state index contributed by atoms with van der Waals surface area (Å²) in [6.07, 6.45) is 0.0454. The van der Waals surface area contributed by atoms with Crippen LogP contribution in [0.5, 0.6) is 0 Å². The summed E-state index contributed by atoms with van der Waals surface area (Å²) >= 11 is 0. The molecule has 0 amide bonds. The molecule has 0 radical (unpaired) electrons. The molecule has 0 spiro atoms. The Balaban J connectivity index is 1.55. The van der Waals surface area contributed by atoms with E-state index >= 15 is 0 Å². The van der Waals surface area contributed by atoms with Crippen LogP contribution in [-0.2, 0) is 4.74 Å². The maximum Gasteiger partial charge on any atom is 0.139 e. The van der Waals surface area contributed by atoms with Gasteiger partial charge in [0, 0.05) is 31.7 Å². The van der Waals surface area contributed by atoms with Crippen LogP contribution in [0.2, 0.25) is 0 Å². The molecule has 1 aromatic carbocycles. The topological polar surface area (TPSA) is 41.7 Å². The maximum atomic E-state index is 6.28. The molecule has 1 aromatic heterocycles. The number of nitrogens with zero attached hydrogens (tertiary/aromatic N) is 3. The normalized spacial score (nSPS) is 25.9. The fourth-order valence-electron chi connectivity index (χ4n) is 4.29.